The summed E-state index contributed by atoms with van der Waals surface area (Å²) < 4.78 is 31.8. The summed E-state index contributed by atoms with van der Waals surface area (Å²) >= 11 is 0. The van der Waals surface area contributed by atoms with E-state index in [9.17, 15) is 23.2 Å². The number of hydrogen-bond acceptors (Lipinski definition) is 5. The first-order chi connectivity index (χ1) is 12.8. The van der Waals surface area contributed by atoms with E-state index >= 15 is 0 Å². The Balaban J connectivity index is 2.12. The summed E-state index contributed by atoms with van der Waals surface area (Å²) in [5.74, 6) is -0.597. The van der Waals surface area contributed by atoms with Crippen LogP contribution in [0.25, 0.3) is 6.08 Å². The highest BCUT2D eigenvalue weighted by atomic mass is 19.3. The average Bonchev–Trinajstić information content (AvgIpc) is 2.94. The van der Waals surface area contributed by atoms with Crippen LogP contribution in [0.1, 0.15) is 29.3 Å². The van der Waals surface area contributed by atoms with Gasteiger partial charge in [0.25, 0.3) is 5.56 Å². The van der Waals surface area contributed by atoms with Gasteiger partial charge in [0.15, 0.2) is 0 Å². The number of halogens is 2. The molecule has 27 heavy (non-hydrogen) atoms. The second kappa shape index (κ2) is 7.18. The van der Waals surface area contributed by atoms with Gasteiger partial charge in [0.2, 0.25) is 5.78 Å². The van der Waals surface area contributed by atoms with Gasteiger partial charge >= 0.3 is 12.3 Å². The van der Waals surface area contributed by atoms with Crippen LogP contribution in [0.3, 0.4) is 0 Å². The topological polar surface area (TPSA) is 82.3 Å². The highest BCUT2D eigenvalue weighted by Crippen LogP contribution is 2.29. The fourth-order valence-corrected chi connectivity index (χ4v) is 2.91. The van der Waals surface area contributed by atoms with E-state index in [0.29, 0.717) is 13.0 Å². The zero-order chi connectivity index (χ0) is 19.7. The molecule has 0 fully saturated rings. The summed E-state index contributed by atoms with van der Waals surface area (Å²) in [5.41, 5.74) is -1.15. The van der Waals surface area contributed by atoms with Crippen LogP contribution in [-0.2, 0) is 13.6 Å². The lowest BCUT2D eigenvalue weighted by atomic mass is 10.1. The molecule has 1 aromatic carbocycles. The number of allylic oxidation sites excluding steroid dienone is 1. The SMILES string of the molecule is CCCn1c2c(c(=O)n(C)c1=O)C(=O)/C(=C/c1ccccc1OC(F)F)N2. The number of ketones is 1. The molecular formula is C18H17F2N3O4. The van der Waals surface area contributed by atoms with Crippen molar-refractivity contribution in [3.05, 3.63) is 61.9 Å². The van der Waals surface area contributed by atoms with Crippen molar-refractivity contribution < 1.29 is 18.3 Å². The van der Waals surface area contributed by atoms with Gasteiger partial charge < -0.3 is 10.1 Å². The molecule has 2 heterocycles. The first-order valence-electron chi connectivity index (χ1n) is 8.26. The van der Waals surface area contributed by atoms with E-state index in [1.165, 1.54) is 35.9 Å². The highest BCUT2D eigenvalue weighted by molar-refractivity contribution is 6.19. The van der Waals surface area contributed by atoms with Crippen molar-refractivity contribution in [2.24, 2.45) is 7.05 Å². The van der Waals surface area contributed by atoms with Gasteiger partial charge in [-0.05, 0) is 18.6 Å². The highest BCUT2D eigenvalue weighted by Gasteiger charge is 2.32. The maximum Gasteiger partial charge on any atom is 0.387 e. The van der Waals surface area contributed by atoms with Gasteiger partial charge in [0.05, 0.1) is 5.70 Å². The van der Waals surface area contributed by atoms with Gasteiger partial charge in [0.1, 0.15) is 17.1 Å². The van der Waals surface area contributed by atoms with Gasteiger partial charge in [-0.3, -0.25) is 18.7 Å². The monoisotopic (exact) mass is 377 g/mol. The van der Waals surface area contributed by atoms with E-state index in [2.05, 4.69) is 10.1 Å². The Hall–Kier alpha value is -3.23. The molecule has 0 unspecified atom stereocenters. The number of rotatable bonds is 5. The van der Waals surface area contributed by atoms with Crippen molar-refractivity contribution in [1.82, 2.24) is 9.13 Å². The number of Topliss-reactive ketones (excluding diaryl/α,β-unsaturated/α-hetero) is 1. The smallest absolute Gasteiger partial charge is 0.387 e. The van der Waals surface area contributed by atoms with Gasteiger partial charge in [0, 0.05) is 19.2 Å². The minimum Gasteiger partial charge on any atom is -0.434 e. The van der Waals surface area contributed by atoms with E-state index in [4.69, 9.17) is 0 Å². The molecule has 0 saturated carbocycles. The fourth-order valence-electron chi connectivity index (χ4n) is 2.91. The number of benzene rings is 1. The number of hydrogen-bond donors (Lipinski definition) is 1. The lowest BCUT2D eigenvalue weighted by molar-refractivity contribution is -0.0499. The van der Waals surface area contributed by atoms with Gasteiger partial charge in [-0.15, -0.1) is 0 Å². The average molecular weight is 377 g/mol. The maximum absolute atomic E-state index is 12.7. The van der Waals surface area contributed by atoms with Crippen molar-refractivity contribution >= 4 is 17.7 Å². The summed E-state index contributed by atoms with van der Waals surface area (Å²) in [7, 11) is 1.30. The van der Waals surface area contributed by atoms with Crippen LogP contribution >= 0.6 is 0 Å². The molecule has 9 heteroatoms. The Morgan fingerprint density at radius 3 is 2.59 bits per heavy atom. The van der Waals surface area contributed by atoms with Crippen molar-refractivity contribution in [2.75, 3.05) is 5.32 Å². The number of fused-ring (bicyclic) bond motifs is 1. The largest absolute Gasteiger partial charge is 0.434 e. The molecule has 3 rings (SSSR count). The first-order valence-corrected chi connectivity index (χ1v) is 8.26. The number of nitrogens with one attached hydrogen (secondary N) is 1. The number of nitrogens with zero attached hydrogens (tertiary/aromatic N) is 2. The predicted molar refractivity (Wildman–Crippen MR) is 95.2 cm³/mol. The van der Waals surface area contributed by atoms with Crippen molar-refractivity contribution in [3.63, 3.8) is 0 Å². The molecule has 0 atom stereocenters. The van der Waals surface area contributed by atoms with Crippen LogP contribution in [0.5, 0.6) is 5.75 Å². The zero-order valence-electron chi connectivity index (χ0n) is 14.7. The van der Waals surface area contributed by atoms with Crippen LogP contribution < -0.4 is 21.3 Å². The minimum atomic E-state index is -3.02. The Bertz CT molecular complexity index is 1050. The number of para-hydroxylation sites is 1. The minimum absolute atomic E-state index is 0.00266. The number of ether oxygens (including phenoxy) is 1. The maximum atomic E-state index is 12.7. The molecule has 2 aromatic rings. The summed E-state index contributed by atoms with van der Waals surface area (Å²) in [6, 6.07) is 5.97. The summed E-state index contributed by atoms with van der Waals surface area (Å²) in [6.07, 6.45) is 1.94. The Kier molecular flexibility index (Phi) is 4.93. The predicted octanol–water partition coefficient (Wildman–Crippen LogP) is 2.21. The van der Waals surface area contributed by atoms with Crippen molar-refractivity contribution in [3.8, 4) is 5.75 Å². The van der Waals surface area contributed by atoms with Crippen molar-refractivity contribution in [2.45, 2.75) is 26.5 Å². The van der Waals surface area contributed by atoms with E-state index < -0.39 is 23.6 Å². The molecule has 0 bridgehead atoms. The number of carbonyl (C=O) groups is 1. The van der Waals surface area contributed by atoms with Crippen LogP contribution in [0.15, 0.2) is 39.6 Å². The number of anilines is 1. The Morgan fingerprint density at radius 1 is 1.22 bits per heavy atom. The van der Waals surface area contributed by atoms with Crippen LogP contribution in [0.2, 0.25) is 0 Å². The molecule has 0 aliphatic carbocycles. The number of alkyl halides is 2. The van der Waals surface area contributed by atoms with E-state index in [0.717, 1.165) is 4.57 Å². The number of carbonyl (C=O) groups excluding carboxylic acids is 1. The van der Waals surface area contributed by atoms with E-state index in [1.807, 2.05) is 6.92 Å². The molecule has 7 nitrogen and oxygen atoms in total. The molecule has 142 valence electrons. The van der Waals surface area contributed by atoms with Gasteiger partial charge in [-0.2, -0.15) is 8.78 Å². The molecule has 1 N–H and O–H groups in total. The number of aromatic nitrogens is 2. The van der Waals surface area contributed by atoms with Crippen LogP contribution in [0, 0.1) is 0 Å². The van der Waals surface area contributed by atoms with Crippen molar-refractivity contribution in [1.29, 1.82) is 0 Å². The molecular weight excluding hydrogens is 360 g/mol. The molecule has 1 aliphatic heterocycles. The second-order valence-corrected chi connectivity index (χ2v) is 5.95. The van der Waals surface area contributed by atoms with Gasteiger partial charge in [-0.1, -0.05) is 25.1 Å². The third-order valence-corrected chi connectivity index (χ3v) is 4.15. The standard InChI is InChI=1S/C18H17F2N3O4/c1-3-8-23-15-13(16(25)22(2)18(23)26)14(24)11(21-15)9-10-6-4-5-7-12(10)27-17(19)20/h4-7,9,17,21H,3,8H2,1-2H3/b11-9-. The van der Waals surface area contributed by atoms with E-state index in [-0.39, 0.29) is 28.4 Å². The molecule has 1 aromatic heterocycles. The van der Waals surface area contributed by atoms with Crippen LogP contribution in [0.4, 0.5) is 14.6 Å². The molecule has 1 aliphatic rings. The normalized spacial score (nSPS) is 14.6. The second-order valence-electron chi connectivity index (χ2n) is 5.95. The van der Waals surface area contributed by atoms with Gasteiger partial charge in [-0.25, -0.2) is 4.79 Å². The molecule has 0 saturated heterocycles. The third kappa shape index (κ3) is 3.27. The fraction of sp³-hybridized carbons (Fsp3) is 0.278. The molecule has 0 spiro atoms. The molecule has 0 radical (unpaired) electrons. The zero-order valence-corrected chi connectivity index (χ0v) is 14.7. The summed E-state index contributed by atoms with van der Waals surface area (Å²) in [4.78, 5) is 37.5. The Morgan fingerprint density at radius 2 is 1.93 bits per heavy atom. The lowest BCUT2D eigenvalue weighted by Gasteiger charge is -2.11. The van der Waals surface area contributed by atoms with E-state index in [1.54, 1.807) is 6.07 Å². The van der Waals surface area contributed by atoms with Crippen LogP contribution in [-0.4, -0.2) is 21.5 Å². The molecule has 0 amide bonds. The first kappa shape index (κ1) is 18.6. The third-order valence-electron chi connectivity index (χ3n) is 4.15. The summed E-state index contributed by atoms with van der Waals surface area (Å²) in [6.45, 7) is -0.848. The lowest BCUT2D eigenvalue weighted by Crippen LogP contribution is -2.40. The summed E-state index contributed by atoms with van der Waals surface area (Å²) in [5, 5.41) is 2.79. The Labute approximate surface area is 152 Å². The quantitative estimate of drug-likeness (QED) is 0.808.